The van der Waals surface area contributed by atoms with Crippen molar-refractivity contribution in [2.24, 2.45) is 0 Å². The predicted octanol–water partition coefficient (Wildman–Crippen LogP) is -0.332. The number of hydrogen-bond acceptors (Lipinski definition) is 3. The lowest BCUT2D eigenvalue weighted by Gasteiger charge is -2.17. The van der Waals surface area contributed by atoms with Crippen molar-refractivity contribution >= 4 is 10.2 Å². The standard InChI is InChI=1S/C8H16N4O2S/c1-8(7-12-6-4-5-9-12)10-15(13,14)11(2)3/h4-6,8,10H,7H2,1-3H3. The molecule has 1 atom stereocenters. The fourth-order valence-electron chi connectivity index (χ4n) is 1.09. The molecule has 1 rings (SSSR count). The zero-order valence-corrected chi connectivity index (χ0v) is 9.90. The molecule has 15 heavy (non-hydrogen) atoms. The van der Waals surface area contributed by atoms with E-state index >= 15 is 0 Å². The zero-order chi connectivity index (χ0) is 11.5. The van der Waals surface area contributed by atoms with Crippen molar-refractivity contribution < 1.29 is 8.42 Å². The van der Waals surface area contributed by atoms with E-state index in [-0.39, 0.29) is 6.04 Å². The molecule has 0 fully saturated rings. The lowest BCUT2D eigenvalue weighted by Crippen LogP contribution is -2.42. The Morgan fingerprint density at radius 2 is 2.20 bits per heavy atom. The third-order valence-corrected chi connectivity index (χ3v) is 3.51. The maximum atomic E-state index is 11.5. The van der Waals surface area contributed by atoms with Gasteiger partial charge in [-0.15, -0.1) is 0 Å². The van der Waals surface area contributed by atoms with Crippen molar-refractivity contribution in [3.05, 3.63) is 18.5 Å². The van der Waals surface area contributed by atoms with E-state index in [2.05, 4.69) is 9.82 Å². The number of hydrogen-bond donors (Lipinski definition) is 1. The van der Waals surface area contributed by atoms with Gasteiger partial charge in [-0.1, -0.05) is 0 Å². The van der Waals surface area contributed by atoms with Gasteiger partial charge < -0.3 is 0 Å². The van der Waals surface area contributed by atoms with E-state index in [1.807, 2.05) is 0 Å². The highest BCUT2D eigenvalue weighted by atomic mass is 32.2. The van der Waals surface area contributed by atoms with Crippen LogP contribution in [0.25, 0.3) is 0 Å². The predicted molar refractivity (Wildman–Crippen MR) is 57.4 cm³/mol. The first-order chi connectivity index (χ1) is 6.92. The summed E-state index contributed by atoms with van der Waals surface area (Å²) in [4.78, 5) is 0. The van der Waals surface area contributed by atoms with Crippen LogP contribution in [0.5, 0.6) is 0 Å². The van der Waals surface area contributed by atoms with Crippen molar-refractivity contribution in [1.29, 1.82) is 0 Å². The number of aromatic nitrogens is 2. The van der Waals surface area contributed by atoms with Gasteiger partial charge in [0.2, 0.25) is 0 Å². The van der Waals surface area contributed by atoms with Gasteiger partial charge in [-0.05, 0) is 13.0 Å². The Morgan fingerprint density at radius 3 is 2.67 bits per heavy atom. The highest BCUT2D eigenvalue weighted by Crippen LogP contribution is 1.95. The SMILES string of the molecule is CC(Cn1cccn1)NS(=O)(=O)N(C)C. The summed E-state index contributed by atoms with van der Waals surface area (Å²) in [6, 6.07) is 1.60. The molecule has 0 radical (unpaired) electrons. The Balaban J connectivity index is 2.53. The zero-order valence-electron chi connectivity index (χ0n) is 9.08. The van der Waals surface area contributed by atoms with E-state index in [1.54, 1.807) is 30.1 Å². The van der Waals surface area contributed by atoms with Crippen molar-refractivity contribution in [1.82, 2.24) is 18.8 Å². The van der Waals surface area contributed by atoms with Gasteiger partial charge in [-0.2, -0.15) is 22.5 Å². The van der Waals surface area contributed by atoms with E-state index in [4.69, 9.17) is 0 Å². The lowest BCUT2D eigenvalue weighted by molar-refractivity contribution is 0.461. The van der Waals surface area contributed by atoms with E-state index in [9.17, 15) is 8.42 Å². The Labute approximate surface area is 90.1 Å². The molecule has 1 aromatic rings. The molecule has 86 valence electrons. The number of nitrogens with one attached hydrogen (secondary N) is 1. The fraction of sp³-hybridized carbons (Fsp3) is 0.625. The van der Waals surface area contributed by atoms with E-state index in [0.717, 1.165) is 4.31 Å². The van der Waals surface area contributed by atoms with E-state index in [0.29, 0.717) is 6.54 Å². The second kappa shape index (κ2) is 4.73. The normalized spacial score (nSPS) is 14.4. The average molecular weight is 232 g/mol. The number of nitrogens with zero attached hydrogens (tertiary/aromatic N) is 3. The first-order valence-electron chi connectivity index (χ1n) is 4.59. The molecule has 0 aliphatic heterocycles. The molecule has 1 N–H and O–H groups in total. The van der Waals surface area contributed by atoms with Crippen molar-refractivity contribution in [3.63, 3.8) is 0 Å². The molecule has 0 aromatic carbocycles. The van der Waals surface area contributed by atoms with Gasteiger partial charge in [0, 0.05) is 32.5 Å². The Morgan fingerprint density at radius 1 is 1.53 bits per heavy atom. The number of rotatable bonds is 5. The van der Waals surface area contributed by atoms with Crippen LogP contribution >= 0.6 is 0 Å². The largest absolute Gasteiger partial charge is 0.279 e. The van der Waals surface area contributed by atoms with Gasteiger partial charge in [-0.3, -0.25) is 4.68 Å². The Kier molecular flexibility index (Phi) is 3.83. The summed E-state index contributed by atoms with van der Waals surface area (Å²) in [5.41, 5.74) is 0. The molecule has 0 amide bonds. The summed E-state index contributed by atoms with van der Waals surface area (Å²) in [6.45, 7) is 2.31. The molecule has 0 bridgehead atoms. The molecule has 0 saturated carbocycles. The minimum Gasteiger partial charge on any atom is -0.271 e. The summed E-state index contributed by atoms with van der Waals surface area (Å²) in [5.74, 6) is 0. The van der Waals surface area contributed by atoms with Crippen LogP contribution in [0.4, 0.5) is 0 Å². The highest BCUT2D eigenvalue weighted by Gasteiger charge is 2.16. The second-order valence-electron chi connectivity index (χ2n) is 3.53. The molecule has 0 saturated heterocycles. The second-order valence-corrected chi connectivity index (χ2v) is 5.45. The molecular weight excluding hydrogens is 216 g/mol. The summed E-state index contributed by atoms with van der Waals surface area (Å²) >= 11 is 0. The van der Waals surface area contributed by atoms with Gasteiger partial charge in [-0.25, -0.2) is 0 Å². The van der Waals surface area contributed by atoms with Gasteiger partial charge in [0.15, 0.2) is 0 Å². The molecule has 1 unspecified atom stereocenters. The Hall–Kier alpha value is -0.920. The first kappa shape index (κ1) is 12.2. The van der Waals surface area contributed by atoms with Crippen molar-refractivity contribution in [2.45, 2.75) is 19.5 Å². The van der Waals surface area contributed by atoms with E-state index in [1.165, 1.54) is 14.1 Å². The molecule has 1 aromatic heterocycles. The minimum absolute atomic E-state index is 0.197. The summed E-state index contributed by atoms with van der Waals surface area (Å²) in [7, 11) is -0.380. The van der Waals surface area contributed by atoms with Gasteiger partial charge in [0.05, 0.1) is 6.54 Å². The summed E-state index contributed by atoms with van der Waals surface area (Å²) in [5, 5.41) is 4.00. The van der Waals surface area contributed by atoms with Crippen LogP contribution in [0.3, 0.4) is 0 Å². The Bertz CT molecular complexity index is 385. The van der Waals surface area contributed by atoms with Gasteiger partial charge in [0.1, 0.15) is 0 Å². The monoisotopic (exact) mass is 232 g/mol. The van der Waals surface area contributed by atoms with Crippen LogP contribution in [0.1, 0.15) is 6.92 Å². The third kappa shape index (κ3) is 3.61. The van der Waals surface area contributed by atoms with Crippen molar-refractivity contribution in [3.8, 4) is 0 Å². The van der Waals surface area contributed by atoms with Crippen LogP contribution in [-0.2, 0) is 16.8 Å². The average Bonchev–Trinajstić information content (AvgIpc) is 2.54. The van der Waals surface area contributed by atoms with Crippen LogP contribution in [-0.4, -0.2) is 42.6 Å². The van der Waals surface area contributed by atoms with Gasteiger partial charge >= 0.3 is 0 Å². The molecule has 6 nitrogen and oxygen atoms in total. The molecule has 0 spiro atoms. The van der Waals surface area contributed by atoms with Crippen LogP contribution in [0.2, 0.25) is 0 Å². The van der Waals surface area contributed by atoms with Crippen molar-refractivity contribution in [2.75, 3.05) is 14.1 Å². The molecule has 0 aliphatic rings. The smallest absolute Gasteiger partial charge is 0.271 e. The molecule has 7 heteroatoms. The molecule has 0 aliphatic carbocycles. The maximum Gasteiger partial charge on any atom is 0.279 e. The quantitative estimate of drug-likeness (QED) is 0.755. The molecule has 1 heterocycles. The maximum absolute atomic E-state index is 11.5. The third-order valence-electron chi connectivity index (χ3n) is 1.85. The first-order valence-corrected chi connectivity index (χ1v) is 6.03. The van der Waals surface area contributed by atoms with Crippen LogP contribution in [0.15, 0.2) is 18.5 Å². The molecular formula is C8H16N4O2S. The minimum atomic E-state index is -3.36. The summed E-state index contributed by atoms with van der Waals surface area (Å²) in [6.07, 6.45) is 3.45. The van der Waals surface area contributed by atoms with Crippen LogP contribution in [0, 0.1) is 0 Å². The van der Waals surface area contributed by atoms with E-state index < -0.39 is 10.2 Å². The topological polar surface area (TPSA) is 67.2 Å². The van der Waals surface area contributed by atoms with Gasteiger partial charge in [0.25, 0.3) is 10.2 Å². The van der Waals surface area contributed by atoms with Crippen LogP contribution < -0.4 is 4.72 Å². The lowest BCUT2D eigenvalue weighted by atomic mass is 10.4. The fourth-order valence-corrected chi connectivity index (χ4v) is 1.88. The summed E-state index contributed by atoms with van der Waals surface area (Å²) < 4.78 is 28.3. The highest BCUT2D eigenvalue weighted by molar-refractivity contribution is 7.87.